The highest BCUT2D eigenvalue weighted by atomic mass is 32.2. The molecule has 0 saturated heterocycles. The number of hydrogen-bond donors (Lipinski definition) is 1. The van der Waals surface area contributed by atoms with Gasteiger partial charge in [0.1, 0.15) is 12.4 Å². The van der Waals surface area contributed by atoms with Crippen molar-refractivity contribution in [3.05, 3.63) is 12.2 Å². The zero-order valence-electron chi connectivity index (χ0n) is 8.76. The molecule has 0 aromatic carbocycles. The Morgan fingerprint density at radius 3 is 2.40 bits per heavy atom. The third kappa shape index (κ3) is 8.10. The van der Waals surface area contributed by atoms with Gasteiger partial charge in [-0.3, -0.25) is 4.55 Å². The smallest absolute Gasteiger partial charge is 0.334 e. The molecular formula is C8H15NO5S. The van der Waals surface area contributed by atoms with E-state index in [4.69, 9.17) is 9.29 Å². The first-order valence-corrected chi connectivity index (χ1v) is 5.78. The van der Waals surface area contributed by atoms with E-state index >= 15 is 0 Å². The van der Waals surface area contributed by atoms with Gasteiger partial charge >= 0.3 is 5.97 Å². The fourth-order valence-electron chi connectivity index (χ4n) is 0.702. The molecule has 0 aromatic heterocycles. The summed E-state index contributed by atoms with van der Waals surface area (Å²) in [4.78, 5) is 12.9. The van der Waals surface area contributed by atoms with Crippen molar-refractivity contribution in [2.75, 3.05) is 33.0 Å². The van der Waals surface area contributed by atoms with E-state index in [2.05, 4.69) is 6.58 Å². The fraction of sp³-hybridized carbons (Fsp3) is 0.625. The van der Waals surface area contributed by atoms with Crippen LogP contribution in [-0.2, 0) is 19.6 Å². The Kier molecular flexibility index (Phi) is 5.48. The van der Waals surface area contributed by atoms with Crippen LogP contribution in [0.25, 0.3) is 0 Å². The quantitative estimate of drug-likeness (QED) is 0.382. The highest BCUT2D eigenvalue weighted by Gasteiger charge is 2.15. The lowest BCUT2D eigenvalue weighted by atomic mass is 10.4. The molecule has 1 N–H and O–H groups in total. The number of nitrogens with zero attached hydrogens (tertiary/aromatic N) is 1. The SMILES string of the molecule is C=C(CS(=O)(=O)O)C(=O)OCCN(C)C. The molecule has 6 nitrogen and oxygen atoms in total. The van der Waals surface area contributed by atoms with Crippen LogP contribution >= 0.6 is 0 Å². The van der Waals surface area contributed by atoms with Gasteiger partial charge in [-0.05, 0) is 14.1 Å². The lowest BCUT2D eigenvalue weighted by Crippen LogP contribution is -2.22. The molecule has 0 amide bonds. The Labute approximate surface area is 89.3 Å². The normalized spacial score (nSPS) is 11.5. The first-order valence-electron chi connectivity index (χ1n) is 4.17. The van der Waals surface area contributed by atoms with Crippen molar-refractivity contribution in [2.24, 2.45) is 0 Å². The van der Waals surface area contributed by atoms with Crippen LogP contribution in [0, 0.1) is 0 Å². The van der Waals surface area contributed by atoms with Gasteiger partial charge in [0.25, 0.3) is 10.1 Å². The van der Waals surface area contributed by atoms with Gasteiger partial charge in [0, 0.05) is 12.1 Å². The highest BCUT2D eigenvalue weighted by Crippen LogP contribution is 1.99. The van der Waals surface area contributed by atoms with E-state index in [0.717, 1.165) is 0 Å². The standard InChI is InChI=1S/C8H15NO5S/c1-7(6-15(11,12)13)8(10)14-5-4-9(2)3/h1,4-6H2,2-3H3,(H,11,12,13). The molecule has 0 bridgehead atoms. The van der Waals surface area contributed by atoms with Crippen LogP contribution in [0.4, 0.5) is 0 Å². The van der Waals surface area contributed by atoms with Crippen molar-refractivity contribution >= 4 is 16.1 Å². The topological polar surface area (TPSA) is 83.9 Å². The number of carbonyl (C=O) groups is 1. The predicted molar refractivity (Wildman–Crippen MR) is 55.1 cm³/mol. The molecule has 0 fully saturated rings. The average molecular weight is 237 g/mol. The molecule has 15 heavy (non-hydrogen) atoms. The zero-order chi connectivity index (χ0) is 12.1. The molecule has 0 spiro atoms. The summed E-state index contributed by atoms with van der Waals surface area (Å²) in [6.45, 7) is 3.89. The summed E-state index contributed by atoms with van der Waals surface area (Å²) in [5, 5.41) is 0. The minimum absolute atomic E-state index is 0.149. The fourth-order valence-corrected chi connectivity index (χ4v) is 1.26. The summed E-state index contributed by atoms with van der Waals surface area (Å²) in [5.41, 5.74) is -0.281. The third-order valence-electron chi connectivity index (χ3n) is 1.42. The Balaban J connectivity index is 3.96. The number of rotatable bonds is 6. The molecule has 0 atom stereocenters. The Hall–Kier alpha value is -0.920. The molecule has 7 heteroatoms. The number of esters is 1. The second-order valence-corrected chi connectivity index (χ2v) is 4.72. The highest BCUT2D eigenvalue weighted by molar-refractivity contribution is 7.86. The van der Waals surface area contributed by atoms with Crippen LogP contribution < -0.4 is 0 Å². The maximum Gasteiger partial charge on any atom is 0.334 e. The molecular weight excluding hydrogens is 222 g/mol. The van der Waals surface area contributed by atoms with Gasteiger partial charge in [-0.1, -0.05) is 6.58 Å². The second kappa shape index (κ2) is 5.84. The molecule has 0 aliphatic carbocycles. The first-order chi connectivity index (χ1) is 6.72. The van der Waals surface area contributed by atoms with E-state index in [1.54, 1.807) is 19.0 Å². The van der Waals surface area contributed by atoms with Crippen molar-refractivity contribution in [2.45, 2.75) is 0 Å². The number of ether oxygens (including phenoxy) is 1. The Bertz CT molecular complexity index is 333. The first kappa shape index (κ1) is 14.1. The average Bonchev–Trinajstić information content (AvgIpc) is 1.99. The van der Waals surface area contributed by atoms with E-state index < -0.39 is 21.8 Å². The minimum Gasteiger partial charge on any atom is -0.461 e. The second-order valence-electron chi connectivity index (χ2n) is 3.27. The van der Waals surface area contributed by atoms with Crippen molar-refractivity contribution in [1.82, 2.24) is 4.90 Å². The monoisotopic (exact) mass is 237 g/mol. The van der Waals surface area contributed by atoms with E-state index in [9.17, 15) is 13.2 Å². The zero-order valence-corrected chi connectivity index (χ0v) is 9.58. The van der Waals surface area contributed by atoms with Gasteiger partial charge in [0.15, 0.2) is 0 Å². The Morgan fingerprint density at radius 2 is 2.00 bits per heavy atom. The van der Waals surface area contributed by atoms with E-state index in [1.165, 1.54) is 0 Å². The molecule has 0 unspecified atom stereocenters. The maximum absolute atomic E-state index is 11.1. The Morgan fingerprint density at radius 1 is 1.47 bits per heavy atom. The molecule has 0 aliphatic rings. The molecule has 0 rings (SSSR count). The van der Waals surface area contributed by atoms with E-state index in [1.807, 2.05) is 0 Å². The van der Waals surface area contributed by atoms with Crippen molar-refractivity contribution in [3.63, 3.8) is 0 Å². The van der Waals surface area contributed by atoms with Crippen molar-refractivity contribution < 1.29 is 22.5 Å². The molecule has 88 valence electrons. The minimum atomic E-state index is -4.22. The summed E-state index contributed by atoms with van der Waals surface area (Å²) in [7, 11) is -0.608. The van der Waals surface area contributed by atoms with Gasteiger partial charge in [-0.15, -0.1) is 0 Å². The van der Waals surface area contributed by atoms with Crippen LogP contribution in [0.2, 0.25) is 0 Å². The van der Waals surface area contributed by atoms with Gasteiger partial charge in [0.05, 0.1) is 0 Å². The molecule has 0 aliphatic heterocycles. The molecule has 0 radical (unpaired) electrons. The lowest BCUT2D eigenvalue weighted by Gasteiger charge is -2.10. The van der Waals surface area contributed by atoms with Crippen LogP contribution in [0.15, 0.2) is 12.2 Å². The van der Waals surface area contributed by atoms with Crippen LogP contribution in [0.3, 0.4) is 0 Å². The molecule has 0 aromatic rings. The van der Waals surface area contributed by atoms with Crippen LogP contribution in [-0.4, -0.2) is 56.8 Å². The molecule has 0 saturated carbocycles. The largest absolute Gasteiger partial charge is 0.461 e. The van der Waals surface area contributed by atoms with E-state index in [0.29, 0.717) is 6.54 Å². The summed E-state index contributed by atoms with van der Waals surface area (Å²) in [6.07, 6.45) is 0. The number of hydrogen-bond acceptors (Lipinski definition) is 5. The van der Waals surface area contributed by atoms with Gasteiger partial charge in [0.2, 0.25) is 0 Å². The lowest BCUT2D eigenvalue weighted by molar-refractivity contribution is -0.139. The maximum atomic E-state index is 11.1. The number of carbonyl (C=O) groups excluding carboxylic acids is 1. The number of likely N-dealkylation sites (N-methyl/N-ethyl adjacent to an activating group) is 1. The van der Waals surface area contributed by atoms with Crippen LogP contribution in [0.5, 0.6) is 0 Å². The van der Waals surface area contributed by atoms with Gasteiger partial charge in [-0.25, -0.2) is 4.79 Å². The van der Waals surface area contributed by atoms with Gasteiger partial charge in [-0.2, -0.15) is 8.42 Å². The third-order valence-corrected chi connectivity index (χ3v) is 2.13. The van der Waals surface area contributed by atoms with Crippen LogP contribution in [0.1, 0.15) is 0 Å². The van der Waals surface area contributed by atoms with Crippen molar-refractivity contribution in [3.8, 4) is 0 Å². The summed E-state index contributed by atoms with van der Waals surface area (Å²) in [5.74, 6) is -1.61. The van der Waals surface area contributed by atoms with E-state index in [-0.39, 0.29) is 12.2 Å². The summed E-state index contributed by atoms with van der Waals surface area (Å²) < 4.78 is 34.0. The van der Waals surface area contributed by atoms with Crippen molar-refractivity contribution in [1.29, 1.82) is 0 Å². The summed E-state index contributed by atoms with van der Waals surface area (Å²) in [6, 6.07) is 0. The predicted octanol–water partition coefficient (Wildman–Crippen LogP) is -0.465. The van der Waals surface area contributed by atoms with Gasteiger partial charge < -0.3 is 9.64 Å². The summed E-state index contributed by atoms with van der Waals surface area (Å²) >= 11 is 0. The molecule has 0 heterocycles.